The second kappa shape index (κ2) is 9.18. The van der Waals surface area contributed by atoms with Crippen LogP contribution < -0.4 is 15.6 Å². The van der Waals surface area contributed by atoms with Gasteiger partial charge < -0.3 is 14.6 Å². The van der Waals surface area contributed by atoms with Gasteiger partial charge in [-0.25, -0.2) is 8.42 Å². The molecule has 0 unspecified atom stereocenters. The third-order valence-corrected chi connectivity index (χ3v) is 7.22. The second-order valence-corrected chi connectivity index (χ2v) is 9.70. The van der Waals surface area contributed by atoms with Crippen molar-refractivity contribution in [2.24, 2.45) is 0 Å². The van der Waals surface area contributed by atoms with Crippen LogP contribution in [0.1, 0.15) is 16.8 Å². The number of carbonyl (C=O) groups is 1. The van der Waals surface area contributed by atoms with E-state index in [-0.39, 0.29) is 16.3 Å². The summed E-state index contributed by atoms with van der Waals surface area (Å²) in [5.41, 5.74) is 1.35. The molecular formula is C23H23ClN2O5S. The van der Waals surface area contributed by atoms with Crippen LogP contribution in [0.2, 0.25) is 5.02 Å². The van der Waals surface area contributed by atoms with Gasteiger partial charge in [0.25, 0.3) is 5.56 Å². The molecular weight excluding hydrogens is 452 g/mol. The molecule has 0 spiro atoms. The van der Waals surface area contributed by atoms with Gasteiger partial charge in [-0.1, -0.05) is 17.7 Å². The average molecular weight is 475 g/mol. The van der Waals surface area contributed by atoms with E-state index in [0.29, 0.717) is 27.7 Å². The number of methoxy groups -OCH3 is 1. The molecule has 0 radical (unpaired) electrons. The number of carbonyl (C=O) groups excluding carboxylic acids is 1. The number of nitrogens with zero attached hydrogens (tertiary/aromatic N) is 1. The molecule has 7 nitrogen and oxygen atoms in total. The number of benzene rings is 2. The first-order chi connectivity index (χ1) is 15.0. The van der Waals surface area contributed by atoms with E-state index in [0.717, 1.165) is 10.1 Å². The number of aromatic nitrogens is 1. The van der Waals surface area contributed by atoms with E-state index in [2.05, 4.69) is 5.32 Å². The fourth-order valence-corrected chi connectivity index (χ4v) is 5.09. The van der Waals surface area contributed by atoms with Crippen LogP contribution >= 0.6 is 11.6 Å². The smallest absolute Gasteiger partial charge is 0.270 e. The molecule has 1 heterocycles. The van der Waals surface area contributed by atoms with E-state index in [1.165, 1.54) is 31.4 Å². The summed E-state index contributed by atoms with van der Waals surface area (Å²) in [4.78, 5) is 25.5. The summed E-state index contributed by atoms with van der Waals surface area (Å²) in [5.74, 6) is 0.0205. The molecule has 1 N–H and O–H groups in total. The van der Waals surface area contributed by atoms with Crippen molar-refractivity contribution in [2.75, 3.05) is 12.4 Å². The summed E-state index contributed by atoms with van der Waals surface area (Å²) >= 11 is 6.00. The van der Waals surface area contributed by atoms with Crippen LogP contribution in [0.3, 0.4) is 0 Å². The molecule has 32 heavy (non-hydrogen) atoms. The van der Waals surface area contributed by atoms with Crippen molar-refractivity contribution in [2.45, 2.75) is 37.1 Å². The average Bonchev–Trinajstić information content (AvgIpc) is 2.73. The van der Waals surface area contributed by atoms with Gasteiger partial charge in [0, 0.05) is 16.4 Å². The van der Waals surface area contributed by atoms with Gasteiger partial charge in [-0.3, -0.25) is 9.59 Å². The molecule has 3 aromatic rings. The Morgan fingerprint density at radius 1 is 1.03 bits per heavy atom. The van der Waals surface area contributed by atoms with Crippen molar-refractivity contribution in [3.8, 4) is 5.75 Å². The summed E-state index contributed by atoms with van der Waals surface area (Å²) in [7, 11) is -2.64. The van der Waals surface area contributed by atoms with Crippen LogP contribution in [0.5, 0.6) is 5.75 Å². The second-order valence-electron chi connectivity index (χ2n) is 7.38. The quantitative estimate of drug-likeness (QED) is 0.584. The summed E-state index contributed by atoms with van der Waals surface area (Å²) in [6.07, 6.45) is 0. The van der Waals surface area contributed by atoms with Crippen molar-refractivity contribution < 1.29 is 17.9 Å². The first-order valence-electron chi connectivity index (χ1n) is 9.70. The predicted octanol–water partition coefficient (Wildman–Crippen LogP) is 3.91. The molecule has 0 saturated carbocycles. The summed E-state index contributed by atoms with van der Waals surface area (Å²) in [6.45, 7) is 4.68. The number of sulfone groups is 1. The molecule has 9 heteroatoms. The van der Waals surface area contributed by atoms with Gasteiger partial charge in [0.05, 0.1) is 12.0 Å². The largest absolute Gasteiger partial charge is 0.497 e. The van der Waals surface area contributed by atoms with Crippen molar-refractivity contribution in [1.29, 1.82) is 0 Å². The Kier molecular flexibility index (Phi) is 6.76. The van der Waals surface area contributed by atoms with Crippen molar-refractivity contribution >= 4 is 33.0 Å². The Morgan fingerprint density at radius 3 is 2.31 bits per heavy atom. The highest BCUT2D eigenvalue weighted by Crippen LogP contribution is 2.24. The summed E-state index contributed by atoms with van der Waals surface area (Å²) in [5, 5.41) is 3.19. The standard InChI is InChI=1S/C23H23ClN2O5S/c1-14-5-6-17(24)12-20(14)25-21(27)13-26-16(3)11-15(2)22(23(26)28)32(29,30)19-9-7-18(31-4)8-10-19/h5-12H,13H2,1-4H3,(H,25,27). The highest BCUT2D eigenvalue weighted by atomic mass is 35.5. The van der Waals surface area contributed by atoms with E-state index < -0.39 is 21.3 Å². The number of aryl methyl sites for hydroxylation is 3. The van der Waals surface area contributed by atoms with E-state index in [1.54, 1.807) is 38.1 Å². The number of hydrogen-bond donors (Lipinski definition) is 1. The number of ether oxygens (including phenoxy) is 1. The summed E-state index contributed by atoms with van der Waals surface area (Å²) in [6, 6.07) is 12.4. The molecule has 0 bridgehead atoms. The first-order valence-corrected chi connectivity index (χ1v) is 11.6. The maximum Gasteiger partial charge on any atom is 0.270 e. The number of amides is 1. The predicted molar refractivity (Wildman–Crippen MR) is 123 cm³/mol. The molecule has 0 atom stereocenters. The molecule has 168 valence electrons. The van der Waals surface area contributed by atoms with Crippen LogP contribution in [0.25, 0.3) is 0 Å². The molecule has 0 fully saturated rings. The number of halogens is 1. The lowest BCUT2D eigenvalue weighted by molar-refractivity contribution is -0.116. The Bertz CT molecular complexity index is 1350. The SMILES string of the molecule is COc1ccc(S(=O)(=O)c2c(C)cc(C)n(CC(=O)Nc3cc(Cl)ccc3C)c2=O)cc1. The Morgan fingerprint density at radius 2 is 1.69 bits per heavy atom. The molecule has 2 aromatic carbocycles. The van der Waals surface area contributed by atoms with Gasteiger partial charge in [0.15, 0.2) is 0 Å². The number of rotatable bonds is 6. The van der Waals surface area contributed by atoms with E-state index in [9.17, 15) is 18.0 Å². The fourth-order valence-electron chi connectivity index (χ4n) is 3.37. The molecule has 0 aliphatic rings. The minimum atomic E-state index is -4.11. The lowest BCUT2D eigenvalue weighted by Crippen LogP contribution is -2.33. The monoisotopic (exact) mass is 474 g/mol. The normalized spacial score (nSPS) is 11.3. The van der Waals surface area contributed by atoms with Crippen molar-refractivity contribution in [1.82, 2.24) is 4.57 Å². The number of anilines is 1. The third kappa shape index (κ3) is 4.71. The maximum absolute atomic E-state index is 13.2. The number of pyridine rings is 1. The lowest BCUT2D eigenvalue weighted by atomic mass is 10.2. The third-order valence-electron chi connectivity index (χ3n) is 5.06. The molecule has 3 rings (SSSR count). The van der Waals surface area contributed by atoms with Gasteiger partial charge in [0.1, 0.15) is 17.2 Å². The minimum Gasteiger partial charge on any atom is -0.497 e. The van der Waals surface area contributed by atoms with Crippen LogP contribution in [0.15, 0.2) is 63.1 Å². The molecule has 1 amide bonds. The van der Waals surface area contributed by atoms with E-state index in [4.69, 9.17) is 16.3 Å². The van der Waals surface area contributed by atoms with Crippen molar-refractivity contribution in [3.05, 3.63) is 80.7 Å². The van der Waals surface area contributed by atoms with Gasteiger partial charge in [-0.15, -0.1) is 0 Å². The first kappa shape index (κ1) is 23.6. The summed E-state index contributed by atoms with van der Waals surface area (Å²) < 4.78 is 32.7. The topological polar surface area (TPSA) is 94.5 Å². The fraction of sp³-hybridized carbons (Fsp3) is 0.217. The molecule has 0 aliphatic carbocycles. The van der Waals surface area contributed by atoms with Crippen molar-refractivity contribution in [3.63, 3.8) is 0 Å². The van der Waals surface area contributed by atoms with E-state index >= 15 is 0 Å². The molecule has 0 saturated heterocycles. The molecule has 0 aliphatic heterocycles. The maximum atomic E-state index is 13.2. The van der Waals surface area contributed by atoms with Gasteiger partial charge in [-0.2, -0.15) is 0 Å². The van der Waals surface area contributed by atoms with Gasteiger partial charge >= 0.3 is 0 Å². The molecule has 1 aromatic heterocycles. The van der Waals surface area contributed by atoms with Crippen LogP contribution in [-0.2, 0) is 21.2 Å². The van der Waals surface area contributed by atoms with E-state index in [1.807, 2.05) is 6.92 Å². The Balaban J connectivity index is 2.00. The lowest BCUT2D eigenvalue weighted by Gasteiger charge is -2.15. The van der Waals surface area contributed by atoms with Crippen LogP contribution in [0.4, 0.5) is 5.69 Å². The minimum absolute atomic E-state index is 0.0343. The van der Waals surface area contributed by atoms with Gasteiger partial charge in [0.2, 0.25) is 15.7 Å². The highest BCUT2D eigenvalue weighted by molar-refractivity contribution is 7.91. The Hall–Kier alpha value is -3.10. The highest BCUT2D eigenvalue weighted by Gasteiger charge is 2.26. The number of hydrogen-bond acceptors (Lipinski definition) is 5. The zero-order chi connectivity index (χ0) is 23.6. The zero-order valence-electron chi connectivity index (χ0n) is 18.1. The number of nitrogens with one attached hydrogen (secondary N) is 1. The zero-order valence-corrected chi connectivity index (χ0v) is 19.7. The van der Waals surface area contributed by atoms with Crippen LogP contribution in [0, 0.1) is 20.8 Å². The van der Waals surface area contributed by atoms with Crippen LogP contribution in [-0.4, -0.2) is 26.0 Å². The Labute approximate surface area is 191 Å². The van der Waals surface area contributed by atoms with Gasteiger partial charge in [-0.05, 0) is 74.4 Å².